The Hall–Kier alpha value is -2.28. The Morgan fingerprint density at radius 2 is 1.76 bits per heavy atom. The van der Waals surface area contributed by atoms with Crippen LogP contribution in [0, 0.1) is 0 Å². The quantitative estimate of drug-likeness (QED) is 0.831. The lowest BCUT2D eigenvalue weighted by atomic mass is 10.3. The van der Waals surface area contributed by atoms with Crippen molar-refractivity contribution in [3.63, 3.8) is 0 Å². The van der Waals surface area contributed by atoms with Gasteiger partial charge < -0.3 is 14.7 Å². The topological polar surface area (TPSA) is 87.2 Å². The molecule has 21 heavy (non-hydrogen) atoms. The Morgan fingerprint density at radius 1 is 1.19 bits per heavy atom. The van der Waals surface area contributed by atoms with Crippen LogP contribution < -0.4 is 4.90 Å². The highest BCUT2D eigenvalue weighted by Crippen LogP contribution is 2.19. The van der Waals surface area contributed by atoms with Gasteiger partial charge >= 0.3 is 18.0 Å². The number of rotatable bonds is 5. The number of benzene rings is 1. The highest BCUT2D eigenvalue weighted by molar-refractivity contribution is 6.30. The Bertz CT molecular complexity index is 532. The van der Waals surface area contributed by atoms with Gasteiger partial charge in [-0.05, 0) is 24.3 Å². The van der Waals surface area contributed by atoms with Crippen molar-refractivity contribution in [2.75, 3.05) is 32.1 Å². The maximum Gasteiger partial charge on any atom is 0.325 e. The number of amides is 2. The lowest BCUT2D eigenvalue weighted by molar-refractivity contribution is -0.141. The van der Waals surface area contributed by atoms with Gasteiger partial charge in [-0.25, -0.2) is 4.79 Å². The normalized spacial score (nSPS) is 9.86. The summed E-state index contributed by atoms with van der Waals surface area (Å²) in [4.78, 5) is 36.5. The predicted octanol–water partition coefficient (Wildman–Crippen LogP) is 1.46. The number of urea groups is 1. The van der Waals surface area contributed by atoms with Crippen molar-refractivity contribution in [2.24, 2.45) is 0 Å². The van der Waals surface area contributed by atoms with Crippen LogP contribution in [-0.4, -0.2) is 55.2 Å². The second-order valence-electron chi connectivity index (χ2n) is 4.17. The van der Waals surface area contributed by atoms with E-state index < -0.39 is 24.5 Å². The maximum atomic E-state index is 12.3. The molecule has 0 aliphatic rings. The molecule has 8 heteroatoms. The van der Waals surface area contributed by atoms with Gasteiger partial charge in [0.05, 0.1) is 7.11 Å². The van der Waals surface area contributed by atoms with Crippen LogP contribution in [0.2, 0.25) is 5.02 Å². The first-order valence-electron chi connectivity index (χ1n) is 5.92. The molecule has 0 radical (unpaired) electrons. The van der Waals surface area contributed by atoms with Crippen LogP contribution in [0.4, 0.5) is 10.5 Å². The van der Waals surface area contributed by atoms with Crippen molar-refractivity contribution in [3.8, 4) is 0 Å². The molecule has 1 aromatic rings. The molecule has 1 N–H and O–H groups in total. The van der Waals surface area contributed by atoms with Crippen molar-refractivity contribution in [2.45, 2.75) is 0 Å². The standard InChI is InChI=1S/C13H15ClN2O5/c1-15(8-12(19)21-2)13(20)16(7-11(17)18)10-5-3-9(14)4-6-10/h3-6H,7-8H2,1-2H3,(H,17,18). The average Bonchev–Trinajstić information content (AvgIpc) is 2.44. The number of carboxylic acids is 1. The van der Waals surface area contributed by atoms with Gasteiger partial charge in [0.1, 0.15) is 13.1 Å². The first-order chi connectivity index (χ1) is 9.85. The van der Waals surface area contributed by atoms with Gasteiger partial charge in [0.15, 0.2) is 0 Å². The fourth-order valence-electron chi connectivity index (χ4n) is 1.56. The summed E-state index contributed by atoms with van der Waals surface area (Å²) in [7, 11) is 2.58. The van der Waals surface area contributed by atoms with Gasteiger partial charge in [-0.3, -0.25) is 14.5 Å². The minimum Gasteiger partial charge on any atom is -0.480 e. The molecule has 1 rings (SSSR count). The Morgan fingerprint density at radius 3 is 2.24 bits per heavy atom. The highest BCUT2D eigenvalue weighted by Gasteiger charge is 2.23. The number of aliphatic carboxylic acids is 1. The number of carbonyl (C=O) groups is 3. The first kappa shape index (κ1) is 16.8. The Balaban J connectivity index is 2.96. The van der Waals surface area contributed by atoms with Crippen molar-refractivity contribution < 1.29 is 24.2 Å². The first-order valence-corrected chi connectivity index (χ1v) is 6.29. The largest absolute Gasteiger partial charge is 0.480 e. The SMILES string of the molecule is COC(=O)CN(C)C(=O)N(CC(=O)O)c1ccc(Cl)cc1. The zero-order valence-electron chi connectivity index (χ0n) is 11.6. The van der Waals surface area contributed by atoms with E-state index in [0.717, 1.165) is 9.80 Å². The number of methoxy groups -OCH3 is 1. The van der Waals surface area contributed by atoms with Gasteiger partial charge in [0.25, 0.3) is 0 Å². The van der Waals surface area contributed by atoms with Crippen LogP contribution in [0.25, 0.3) is 0 Å². The molecule has 0 atom stereocenters. The second kappa shape index (κ2) is 7.49. The highest BCUT2D eigenvalue weighted by atomic mass is 35.5. The van der Waals surface area contributed by atoms with E-state index in [1.54, 1.807) is 12.1 Å². The third kappa shape index (κ3) is 4.96. The van der Waals surface area contributed by atoms with Crippen LogP contribution in [0.15, 0.2) is 24.3 Å². The Labute approximate surface area is 126 Å². The zero-order valence-corrected chi connectivity index (χ0v) is 12.3. The van der Waals surface area contributed by atoms with E-state index in [0.29, 0.717) is 10.7 Å². The van der Waals surface area contributed by atoms with Gasteiger partial charge in [0.2, 0.25) is 0 Å². The summed E-state index contributed by atoms with van der Waals surface area (Å²) in [6.45, 7) is -0.814. The van der Waals surface area contributed by atoms with E-state index in [2.05, 4.69) is 4.74 Å². The Kier molecular flexibility index (Phi) is 5.98. The summed E-state index contributed by atoms with van der Waals surface area (Å²) in [5, 5.41) is 9.39. The number of halogens is 1. The molecule has 0 unspecified atom stereocenters. The molecule has 0 aliphatic carbocycles. The van der Waals surface area contributed by atoms with Crippen molar-refractivity contribution in [1.29, 1.82) is 0 Å². The van der Waals surface area contributed by atoms with Crippen molar-refractivity contribution in [1.82, 2.24) is 4.90 Å². The van der Waals surface area contributed by atoms with Crippen LogP contribution in [0.3, 0.4) is 0 Å². The molecule has 7 nitrogen and oxygen atoms in total. The van der Waals surface area contributed by atoms with Crippen LogP contribution in [-0.2, 0) is 14.3 Å². The third-order valence-electron chi connectivity index (χ3n) is 2.58. The summed E-state index contributed by atoms with van der Waals surface area (Å²) in [5.41, 5.74) is 0.364. The molecule has 2 amide bonds. The molecule has 0 saturated heterocycles. The minimum absolute atomic E-state index is 0.279. The van der Waals surface area contributed by atoms with Gasteiger partial charge in [0, 0.05) is 17.8 Å². The number of carbonyl (C=O) groups excluding carboxylic acids is 2. The molecule has 114 valence electrons. The van der Waals surface area contributed by atoms with E-state index in [4.69, 9.17) is 16.7 Å². The zero-order chi connectivity index (χ0) is 16.0. The van der Waals surface area contributed by atoms with E-state index in [1.807, 2.05) is 0 Å². The number of esters is 1. The minimum atomic E-state index is -1.18. The molecule has 0 bridgehead atoms. The summed E-state index contributed by atoms with van der Waals surface area (Å²) < 4.78 is 4.47. The second-order valence-corrected chi connectivity index (χ2v) is 4.61. The molecule has 0 spiro atoms. The van der Waals surface area contributed by atoms with Gasteiger partial charge in [-0.1, -0.05) is 11.6 Å². The number of likely N-dealkylation sites (N-methyl/N-ethyl adjacent to an activating group) is 1. The van der Waals surface area contributed by atoms with Crippen molar-refractivity contribution in [3.05, 3.63) is 29.3 Å². The number of hydrogen-bond donors (Lipinski definition) is 1. The number of carboxylic acid groups (broad SMARTS) is 1. The van der Waals surface area contributed by atoms with Crippen LogP contribution in [0.1, 0.15) is 0 Å². The molecule has 0 aromatic heterocycles. The van der Waals surface area contributed by atoms with Crippen molar-refractivity contribution >= 4 is 35.3 Å². The summed E-state index contributed by atoms with van der Waals surface area (Å²) in [6, 6.07) is 5.49. The van der Waals surface area contributed by atoms with E-state index in [1.165, 1.54) is 26.3 Å². The monoisotopic (exact) mass is 314 g/mol. The molecule has 0 saturated carbocycles. The smallest absolute Gasteiger partial charge is 0.325 e. The molecule has 0 heterocycles. The number of nitrogens with zero attached hydrogens (tertiary/aromatic N) is 2. The maximum absolute atomic E-state index is 12.3. The van der Waals surface area contributed by atoms with E-state index in [-0.39, 0.29) is 6.54 Å². The fraction of sp³-hybridized carbons (Fsp3) is 0.308. The van der Waals surface area contributed by atoms with Gasteiger partial charge in [-0.2, -0.15) is 0 Å². The number of hydrogen-bond acceptors (Lipinski definition) is 4. The van der Waals surface area contributed by atoms with E-state index >= 15 is 0 Å². The molecule has 1 aromatic carbocycles. The predicted molar refractivity (Wildman–Crippen MR) is 76.5 cm³/mol. The average molecular weight is 315 g/mol. The fourth-order valence-corrected chi connectivity index (χ4v) is 1.68. The molecule has 0 aliphatic heterocycles. The lowest BCUT2D eigenvalue weighted by Crippen LogP contribution is -2.45. The van der Waals surface area contributed by atoms with Crippen LogP contribution in [0.5, 0.6) is 0 Å². The molecular weight excluding hydrogens is 300 g/mol. The third-order valence-corrected chi connectivity index (χ3v) is 2.84. The van der Waals surface area contributed by atoms with Crippen LogP contribution >= 0.6 is 11.6 Å². The van der Waals surface area contributed by atoms with Gasteiger partial charge in [-0.15, -0.1) is 0 Å². The van der Waals surface area contributed by atoms with E-state index in [9.17, 15) is 14.4 Å². The molecule has 0 fully saturated rings. The number of ether oxygens (including phenoxy) is 1. The number of anilines is 1. The molecular formula is C13H15ClN2O5. The lowest BCUT2D eigenvalue weighted by Gasteiger charge is -2.26. The summed E-state index contributed by atoms with van der Waals surface area (Å²) >= 11 is 5.76. The summed E-state index contributed by atoms with van der Waals surface area (Å²) in [5.74, 6) is -1.78. The summed E-state index contributed by atoms with van der Waals surface area (Å²) in [6.07, 6.45) is 0.